The summed E-state index contributed by atoms with van der Waals surface area (Å²) in [6, 6.07) is 8.63. The van der Waals surface area contributed by atoms with Crippen molar-refractivity contribution in [2.45, 2.75) is 44.6 Å². The zero-order valence-electron chi connectivity index (χ0n) is 14.6. The van der Waals surface area contributed by atoms with Crippen LogP contribution < -0.4 is 10.6 Å². The van der Waals surface area contributed by atoms with Gasteiger partial charge in [0.1, 0.15) is 0 Å². The third-order valence-electron chi connectivity index (χ3n) is 5.43. The van der Waals surface area contributed by atoms with Crippen LogP contribution >= 0.6 is 0 Å². The normalized spacial score (nSPS) is 22.2. The Morgan fingerprint density at radius 3 is 2.67 bits per heavy atom. The lowest BCUT2D eigenvalue weighted by Crippen LogP contribution is -2.46. The molecule has 0 radical (unpaired) electrons. The van der Waals surface area contributed by atoms with Crippen molar-refractivity contribution in [2.75, 3.05) is 26.2 Å². The molecule has 1 spiro atoms. The third kappa shape index (κ3) is 3.31. The summed E-state index contributed by atoms with van der Waals surface area (Å²) < 4.78 is 0. The molecule has 0 aromatic heterocycles. The number of likely N-dealkylation sites (tertiary alicyclic amines) is 1. The van der Waals surface area contributed by atoms with Crippen LogP contribution in [0.15, 0.2) is 24.3 Å². The van der Waals surface area contributed by atoms with E-state index in [4.69, 9.17) is 0 Å². The second-order valence-electron chi connectivity index (χ2n) is 7.05. The first-order valence-corrected chi connectivity index (χ1v) is 8.89. The number of carbonyl (C=O) groups excluding carboxylic acids is 2. The summed E-state index contributed by atoms with van der Waals surface area (Å²) in [4.78, 5) is 25.6. The molecule has 0 bridgehead atoms. The van der Waals surface area contributed by atoms with Gasteiger partial charge in [0, 0.05) is 21.7 Å². The van der Waals surface area contributed by atoms with E-state index in [1.165, 1.54) is 11.1 Å². The van der Waals surface area contributed by atoms with Gasteiger partial charge in [0.2, 0.25) is 11.8 Å². The maximum atomic E-state index is 11.8. The van der Waals surface area contributed by atoms with Crippen molar-refractivity contribution in [3.63, 3.8) is 0 Å². The lowest BCUT2D eigenvalue weighted by atomic mass is 9.73. The summed E-state index contributed by atoms with van der Waals surface area (Å²) >= 11 is 0. The van der Waals surface area contributed by atoms with Gasteiger partial charge >= 0.3 is 0 Å². The Labute approximate surface area is 146 Å². The SMILES string of the molecule is CCNC(=O)CN1CCC2(CC1)C[C@H](NC(C)=O)c1ccccc12.[HH].[HH]. The lowest BCUT2D eigenvalue weighted by molar-refractivity contribution is -0.123. The molecule has 1 aromatic rings. The van der Waals surface area contributed by atoms with Gasteiger partial charge in [-0.2, -0.15) is 0 Å². The van der Waals surface area contributed by atoms with Gasteiger partial charge in [-0.15, -0.1) is 0 Å². The predicted octanol–water partition coefficient (Wildman–Crippen LogP) is 2.23. The van der Waals surface area contributed by atoms with Crippen LogP contribution in [0.5, 0.6) is 0 Å². The number of likely N-dealkylation sites (N-methyl/N-ethyl adjacent to an activating group) is 1. The molecule has 2 aliphatic rings. The number of nitrogens with one attached hydrogen (secondary N) is 2. The molecule has 0 saturated carbocycles. The van der Waals surface area contributed by atoms with Crippen molar-refractivity contribution in [1.29, 1.82) is 0 Å². The molecule has 1 aromatic carbocycles. The smallest absolute Gasteiger partial charge is 0.234 e. The maximum absolute atomic E-state index is 11.8. The van der Waals surface area contributed by atoms with Crippen LogP contribution in [0.3, 0.4) is 0 Å². The molecule has 24 heavy (non-hydrogen) atoms. The van der Waals surface area contributed by atoms with Gasteiger partial charge in [0.05, 0.1) is 12.6 Å². The van der Waals surface area contributed by atoms with Crippen LogP contribution in [0.1, 0.15) is 53.1 Å². The van der Waals surface area contributed by atoms with E-state index in [2.05, 4.69) is 39.8 Å². The van der Waals surface area contributed by atoms with E-state index >= 15 is 0 Å². The summed E-state index contributed by atoms with van der Waals surface area (Å²) in [5.74, 6) is 0.136. The molecule has 1 aliphatic carbocycles. The first-order chi connectivity index (χ1) is 11.5. The molecule has 1 fully saturated rings. The maximum Gasteiger partial charge on any atom is 0.234 e. The van der Waals surface area contributed by atoms with Gasteiger partial charge in [-0.05, 0) is 50.4 Å². The van der Waals surface area contributed by atoms with Crippen LogP contribution in [0, 0.1) is 0 Å². The Hall–Kier alpha value is -1.88. The van der Waals surface area contributed by atoms with Gasteiger partial charge in [-0.1, -0.05) is 24.3 Å². The van der Waals surface area contributed by atoms with Gasteiger partial charge in [-0.25, -0.2) is 0 Å². The van der Waals surface area contributed by atoms with Crippen molar-refractivity contribution in [1.82, 2.24) is 15.5 Å². The van der Waals surface area contributed by atoms with Gasteiger partial charge in [0.25, 0.3) is 0 Å². The average molecular weight is 333 g/mol. The molecular weight excluding hydrogens is 302 g/mol. The number of amides is 2. The lowest BCUT2D eigenvalue weighted by Gasteiger charge is -2.40. The Kier molecular flexibility index (Phi) is 4.90. The number of benzene rings is 1. The standard InChI is InChI=1S/C19H27N3O2.2H2/c1-3-20-18(24)13-22-10-8-19(9-11-22)12-17(21-14(2)23)15-6-4-5-7-16(15)19;;/h4-7,17H,3,8-13H2,1-2H3,(H,20,24)(H,21,23);2*1H/t17-;;/m0../s1. The monoisotopic (exact) mass is 333 g/mol. The highest BCUT2D eigenvalue weighted by molar-refractivity contribution is 5.78. The molecule has 3 rings (SSSR count). The summed E-state index contributed by atoms with van der Waals surface area (Å²) in [7, 11) is 0. The van der Waals surface area contributed by atoms with Gasteiger partial charge < -0.3 is 10.6 Å². The average Bonchev–Trinajstić information content (AvgIpc) is 2.84. The number of hydrogen-bond acceptors (Lipinski definition) is 3. The molecule has 1 atom stereocenters. The highest BCUT2D eigenvalue weighted by atomic mass is 16.2. The van der Waals surface area contributed by atoms with Crippen molar-refractivity contribution >= 4 is 11.8 Å². The molecule has 5 heteroatoms. The summed E-state index contributed by atoms with van der Waals surface area (Å²) in [6.07, 6.45) is 3.06. The largest absolute Gasteiger partial charge is 0.355 e. The number of carbonyl (C=O) groups is 2. The van der Waals surface area contributed by atoms with E-state index in [9.17, 15) is 9.59 Å². The van der Waals surface area contributed by atoms with Crippen LogP contribution in [0.4, 0.5) is 0 Å². The first-order valence-electron chi connectivity index (χ1n) is 8.89. The minimum Gasteiger partial charge on any atom is -0.355 e. The fraction of sp³-hybridized carbons (Fsp3) is 0.579. The Morgan fingerprint density at radius 2 is 2.00 bits per heavy atom. The second-order valence-corrected chi connectivity index (χ2v) is 7.05. The van der Waals surface area contributed by atoms with E-state index < -0.39 is 0 Å². The number of piperidine rings is 1. The molecule has 5 nitrogen and oxygen atoms in total. The Morgan fingerprint density at radius 1 is 1.29 bits per heavy atom. The van der Waals surface area contributed by atoms with Crippen LogP contribution in [-0.2, 0) is 15.0 Å². The predicted molar refractivity (Wildman–Crippen MR) is 97.9 cm³/mol. The molecule has 1 heterocycles. The summed E-state index contributed by atoms with van der Waals surface area (Å²) in [6.45, 7) is 6.56. The van der Waals surface area contributed by atoms with Crippen molar-refractivity contribution in [2.24, 2.45) is 0 Å². The summed E-state index contributed by atoms with van der Waals surface area (Å²) in [5, 5.41) is 5.98. The van der Waals surface area contributed by atoms with Gasteiger partial charge in [0.15, 0.2) is 0 Å². The van der Waals surface area contributed by atoms with E-state index in [1.807, 2.05) is 6.92 Å². The highest BCUT2D eigenvalue weighted by Gasteiger charge is 2.45. The van der Waals surface area contributed by atoms with Crippen molar-refractivity contribution in [3.05, 3.63) is 35.4 Å². The Bertz CT molecular complexity index is 631. The molecular formula is C19H31N3O2. The number of rotatable bonds is 4. The Balaban J connectivity index is 0.00000169. The zero-order valence-corrected chi connectivity index (χ0v) is 14.6. The fourth-order valence-electron chi connectivity index (χ4n) is 4.34. The molecule has 134 valence electrons. The van der Waals surface area contributed by atoms with E-state index in [-0.39, 0.29) is 26.1 Å². The minimum atomic E-state index is 0. The molecule has 1 saturated heterocycles. The van der Waals surface area contributed by atoms with Crippen LogP contribution in [-0.4, -0.2) is 42.9 Å². The van der Waals surface area contributed by atoms with Crippen LogP contribution in [0.25, 0.3) is 0 Å². The van der Waals surface area contributed by atoms with E-state index in [1.54, 1.807) is 6.92 Å². The number of fused-ring (bicyclic) bond motifs is 2. The van der Waals surface area contributed by atoms with Crippen LogP contribution in [0.2, 0.25) is 0 Å². The second kappa shape index (κ2) is 6.93. The van der Waals surface area contributed by atoms with Crippen molar-refractivity contribution in [3.8, 4) is 0 Å². The van der Waals surface area contributed by atoms with Gasteiger partial charge in [-0.3, -0.25) is 14.5 Å². The quantitative estimate of drug-likeness (QED) is 0.888. The number of nitrogens with zero attached hydrogens (tertiary/aromatic N) is 1. The molecule has 2 N–H and O–H groups in total. The molecule has 0 unspecified atom stereocenters. The molecule has 2 amide bonds. The summed E-state index contributed by atoms with van der Waals surface area (Å²) in [5.41, 5.74) is 2.80. The van der Waals surface area contributed by atoms with Crippen molar-refractivity contribution < 1.29 is 12.4 Å². The highest BCUT2D eigenvalue weighted by Crippen LogP contribution is 2.50. The van der Waals surface area contributed by atoms with E-state index in [0.717, 1.165) is 32.4 Å². The third-order valence-corrected chi connectivity index (χ3v) is 5.43. The topological polar surface area (TPSA) is 61.4 Å². The fourth-order valence-corrected chi connectivity index (χ4v) is 4.34. The minimum absolute atomic E-state index is 0. The number of hydrogen-bond donors (Lipinski definition) is 2. The zero-order chi connectivity index (χ0) is 17.2. The molecule has 1 aliphatic heterocycles. The first kappa shape index (κ1) is 17.0. The van der Waals surface area contributed by atoms with E-state index in [0.29, 0.717) is 13.1 Å².